The predicted molar refractivity (Wildman–Crippen MR) is 125 cm³/mol. The summed E-state index contributed by atoms with van der Waals surface area (Å²) in [5.41, 5.74) is -0.209. The number of ether oxygens (including phenoxy) is 2. The van der Waals surface area contributed by atoms with Gasteiger partial charge in [-0.3, -0.25) is 14.7 Å². The molecule has 4 heterocycles. The highest BCUT2D eigenvalue weighted by Gasteiger charge is 2.44. The Hall–Kier alpha value is -3.38. The lowest BCUT2D eigenvalue weighted by Crippen LogP contribution is -2.67. The van der Waals surface area contributed by atoms with Crippen molar-refractivity contribution < 1.29 is 27.4 Å². The number of hydrogen-bond donors (Lipinski definition) is 1. The lowest BCUT2D eigenvalue weighted by atomic mass is 9.89. The van der Waals surface area contributed by atoms with E-state index in [2.05, 4.69) is 25.5 Å². The number of carbonyl (C=O) groups is 1. The zero-order valence-electron chi connectivity index (χ0n) is 20.2. The van der Waals surface area contributed by atoms with Gasteiger partial charge in [-0.25, -0.2) is 4.98 Å². The maximum Gasteiger partial charge on any atom is 0.435 e. The molecule has 2 atom stereocenters. The Balaban J connectivity index is 1.69. The van der Waals surface area contributed by atoms with Crippen LogP contribution in [0.1, 0.15) is 48.8 Å². The maximum absolute atomic E-state index is 13.3. The SMILES string of the molecule is CCOc1ccc(C2=C(C)N=C[C@](NC(=O)c3cnnc(C(F)(F)F)c3)(N3CCOCC3C)C2)cn1. The molecule has 1 amide bonds. The van der Waals surface area contributed by atoms with Crippen molar-refractivity contribution in [1.29, 1.82) is 0 Å². The Morgan fingerprint density at radius 1 is 1.33 bits per heavy atom. The van der Waals surface area contributed by atoms with Crippen LogP contribution in [0.4, 0.5) is 13.2 Å². The molecule has 2 aliphatic heterocycles. The molecule has 0 bridgehead atoms. The molecule has 0 radical (unpaired) electrons. The molecule has 2 aliphatic rings. The molecule has 192 valence electrons. The summed E-state index contributed by atoms with van der Waals surface area (Å²) in [6.45, 7) is 7.54. The number of alkyl halides is 3. The smallest absolute Gasteiger partial charge is 0.435 e. The van der Waals surface area contributed by atoms with E-state index in [4.69, 9.17) is 9.47 Å². The van der Waals surface area contributed by atoms with Gasteiger partial charge in [0, 0.05) is 43.2 Å². The van der Waals surface area contributed by atoms with Crippen molar-refractivity contribution in [3.8, 4) is 5.88 Å². The summed E-state index contributed by atoms with van der Waals surface area (Å²) in [7, 11) is 0. The van der Waals surface area contributed by atoms with Crippen LogP contribution in [-0.2, 0) is 10.9 Å². The fourth-order valence-electron chi connectivity index (χ4n) is 4.37. The van der Waals surface area contributed by atoms with Crippen LogP contribution >= 0.6 is 0 Å². The van der Waals surface area contributed by atoms with E-state index in [0.717, 1.165) is 23.0 Å². The molecule has 4 rings (SSSR count). The molecule has 1 fully saturated rings. The molecule has 0 aromatic carbocycles. The van der Waals surface area contributed by atoms with Crippen LogP contribution in [0.5, 0.6) is 5.88 Å². The lowest BCUT2D eigenvalue weighted by Gasteiger charge is -2.48. The summed E-state index contributed by atoms with van der Waals surface area (Å²) >= 11 is 0. The van der Waals surface area contributed by atoms with Crippen molar-refractivity contribution >= 4 is 17.7 Å². The first-order valence-electron chi connectivity index (χ1n) is 11.5. The zero-order chi connectivity index (χ0) is 25.9. The van der Waals surface area contributed by atoms with E-state index in [1.807, 2.05) is 31.7 Å². The number of hydrogen-bond acceptors (Lipinski definition) is 8. The van der Waals surface area contributed by atoms with Gasteiger partial charge < -0.3 is 14.8 Å². The van der Waals surface area contributed by atoms with Crippen LogP contribution in [0.3, 0.4) is 0 Å². The number of morpholine rings is 1. The molecule has 2 aromatic heterocycles. The summed E-state index contributed by atoms with van der Waals surface area (Å²) in [4.78, 5) is 24.3. The monoisotopic (exact) mass is 504 g/mol. The van der Waals surface area contributed by atoms with Crippen LogP contribution in [0.2, 0.25) is 0 Å². The summed E-state index contributed by atoms with van der Waals surface area (Å²) < 4.78 is 50.5. The highest BCUT2D eigenvalue weighted by Crippen LogP contribution is 2.36. The Kier molecular flexibility index (Phi) is 7.36. The zero-order valence-corrected chi connectivity index (χ0v) is 20.2. The average molecular weight is 505 g/mol. The number of aromatic nitrogens is 3. The van der Waals surface area contributed by atoms with Crippen molar-refractivity contribution in [3.05, 3.63) is 53.1 Å². The minimum atomic E-state index is -4.72. The summed E-state index contributed by atoms with van der Waals surface area (Å²) in [6, 6.07) is 4.23. The Morgan fingerprint density at radius 2 is 2.14 bits per heavy atom. The average Bonchev–Trinajstić information content (AvgIpc) is 2.86. The van der Waals surface area contributed by atoms with Crippen LogP contribution in [0, 0.1) is 0 Å². The lowest BCUT2D eigenvalue weighted by molar-refractivity contribution is -0.141. The largest absolute Gasteiger partial charge is 0.478 e. The highest BCUT2D eigenvalue weighted by molar-refractivity contribution is 5.97. The molecule has 0 saturated carbocycles. The first-order chi connectivity index (χ1) is 17.1. The summed E-state index contributed by atoms with van der Waals surface area (Å²) in [6.07, 6.45) is -0.0625. The van der Waals surface area contributed by atoms with Gasteiger partial charge >= 0.3 is 6.18 Å². The number of aliphatic imine (C=N–C) groups is 1. The van der Waals surface area contributed by atoms with Gasteiger partial charge in [0.1, 0.15) is 5.66 Å². The van der Waals surface area contributed by atoms with Gasteiger partial charge in [-0.1, -0.05) is 0 Å². The Labute approximate surface area is 206 Å². The topological polar surface area (TPSA) is 102 Å². The van der Waals surface area contributed by atoms with Gasteiger partial charge in [0.05, 0.1) is 31.6 Å². The number of amides is 1. The molecule has 1 unspecified atom stereocenters. The molecule has 36 heavy (non-hydrogen) atoms. The molecule has 2 aromatic rings. The molecular formula is C24H27F3N6O3. The molecule has 0 aliphatic carbocycles. The number of nitrogens with one attached hydrogen (secondary N) is 1. The van der Waals surface area contributed by atoms with Crippen LogP contribution in [-0.4, -0.2) is 70.3 Å². The molecule has 1 saturated heterocycles. The summed E-state index contributed by atoms with van der Waals surface area (Å²) in [5, 5.41) is 9.44. The van der Waals surface area contributed by atoms with E-state index in [9.17, 15) is 18.0 Å². The molecule has 9 nitrogen and oxygen atoms in total. The van der Waals surface area contributed by atoms with Crippen molar-refractivity contribution in [2.24, 2.45) is 4.99 Å². The van der Waals surface area contributed by atoms with Crippen LogP contribution in [0.25, 0.3) is 5.57 Å². The summed E-state index contributed by atoms with van der Waals surface area (Å²) in [5.74, 6) is -0.227. The quantitative estimate of drug-likeness (QED) is 0.644. The van der Waals surface area contributed by atoms with Gasteiger partial charge in [0.25, 0.3) is 5.91 Å². The van der Waals surface area contributed by atoms with Crippen molar-refractivity contribution in [3.63, 3.8) is 0 Å². The standard InChI is InChI=1S/C24H27F3N6O3/c1-4-36-21-6-5-17(11-28-21)19-10-23(14-29-16(19)3,33-7-8-35-13-15(33)2)31-22(34)18-9-20(24(25,26)27)32-30-12-18/h5-6,9,11-12,14-15H,4,7-8,10,13H2,1-3H3,(H,31,34)/t15?,23-/m1/s1. The highest BCUT2D eigenvalue weighted by atomic mass is 19.4. The number of pyridine rings is 1. The number of carbonyl (C=O) groups excluding carboxylic acids is 1. The van der Waals surface area contributed by atoms with Crippen molar-refractivity contribution in [1.82, 2.24) is 25.4 Å². The number of nitrogens with zero attached hydrogens (tertiary/aromatic N) is 5. The van der Waals surface area contributed by atoms with E-state index < -0.39 is 23.4 Å². The molecular weight excluding hydrogens is 477 g/mol. The third-order valence-electron chi connectivity index (χ3n) is 6.15. The third-order valence-corrected chi connectivity index (χ3v) is 6.15. The Bertz CT molecular complexity index is 1170. The van der Waals surface area contributed by atoms with E-state index in [1.165, 1.54) is 0 Å². The van der Waals surface area contributed by atoms with Gasteiger partial charge in [0.2, 0.25) is 5.88 Å². The fraction of sp³-hybridized carbons (Fsp3) is 0.458. The fourth-order valence-corrected chi connectivity index (χ4v) is 4.37. The van der Waals surface area contributed by atoms with E-state index in [1.54, 1.807) is 18.5 Å². The molecule has 0 spiro atoms. The van der Waals surface area contributed by atoms with Crippen molar-refractivity contribution in [2.75, 3.05) is 26.4 Å². The van der Waals surface area contributed by atoms with Gasteiger partial charge in [0.15, 0.2) is 5.69 Å². The minimum absolute atomic E-state index is 0.0927. The number of halogens is 3. The molecule has 12 heteroatoms. The maximum atomic E-state index is 13.3. The predicted octanol–water partition coefficient (Wildman–Crippen LogP) is 3.34. The minimum Gasteiger partial charge on any atom is -0.478 e. The Morgan fingerprint density at radius 3 is 2.81 bits per heavy atom. The van der Waals surface area contributed by atoms with E-state index in [0.29, 0.717) is 44.7 Å². The second-order valence-corrected chi connectivity index (χ2v) is 8.64. The molecule has 1 N–H and O–H groups in total. The van der Waals surface area contributed by atoms with Gasteiger partial charge in [-0.2, -0.15) is 18.3 Å². The van der Waals surface area contributed by atoms with Crippen LogP contribution < -0.4 is 10.1 Å². The second-order valence-electron chi connectivity index (χ2n) is 8.64. The van der Waals surface area contributed by atoms with Gasteiger partial charge in [-0.15, -0.1) is 5.10 Å². The second kappa shape index (κ2) is 10.3. The third kappa shape index (κ3) is 5.39. The number of rotatable bonds is 6. The van der Waals surface area contributed by atoms with Crippen molar-refractivity contribution in [2.45, 2.75) is 45.1 Å². The number of allylic oxidation sites excluding steroid dienone is 1. The van der Waals surface area contributed by atoms with E-state index >= 15 is 0 Å². The first-order valence-corrected chi connectivity index (χ1v) is 11.5. The first kappa shape index (κ1) is 25.7. The van der Waals surface area contributed by atoms with E-state index in [-0.39, 0.29) is 11.6 Å². The van der Waals surface area contributed by atoms with Crippen LogP contribution in [0.15, 0.2) is 41.3 Å². The van der Waals surface area contributed by atoms with Gasteiger partial charge in [-0.05, 0) is 44.0 Å². The normalized spacial score (nSPS) is 23.0.